The summed E-state index contributed by atoms with van der Waals surface area (Å²) < 4.78 is 61.0. The van der Waals surface area contributed by atoms with Crippen molar-refractivity contribution in [1.29, 1.82) is 0 Å². The molecular formula is C8H3BrClF3N2O2S. The van der Waals surface area contributed by atoms with Crippen LogP contribution >= 0.6 is 26.6 Å². The molecule has 4 nitrogen and oxygen atoms in total. The van der Waals surface area contributed by atoms with Crippen LogP contribution in [0.5, 0.6) is 0 Å². The molecule has 1 aromatic carbocycles. The van der Waals surface area contributed by atoms with E-state index in [0.29, 0.717) is 6.07 Å². The first kappa shape index (κ1) is 13.6. The number of hydrogen-bond donors (Lipinski definition) is 1. The second kappa shape index (κ2) is 4.10. The van der Waals surface area contributed by atoms with E-state index in [0.717, 1.165) is 6.07 Å². The molecule has 0 aliphatic carbocycles. The normalized spacial score (nSPS) is 13.2. The van der Waals surface area contributed by atoms with Crippen molar-refractivity contribution in [3.8, 4) is 0 Å². The van der Waals surface area contributed by atoms with Crippen LogP contribution in [0.4, 0.5) is 13.2 Å². The van der Waals surface area contributed by atoms with Gasteiger partial charge in [0.1, 0.15) is 10.4 Å². The number of fused-ring (bicyclic) bond motifs is 1. The highest BCUT2D eigenvalue weighted by Crippen LogP contribution is 2.38. The lowest BCUT2D eigenvalue weighted by atomic mass is 10.2. The molecule has 0 aliphatic heterocycles. The summed E-state index contributed by atoms with van der Waals surface area (Å²) in [5.41, 5.74) is -1.56. The van der Waals surface area contributed by atoms with Crippen LogP contribution < -0.4 is 0 Å². The monoisotopic (exact) mass is 362 g/mol. The molecule has 18 heavy (non-hydrogen) atoms. The van der Waals surface area contributed by atoms with E-state index in [1.165, 1.54) is 0 Å². The molecule has 0 radical (unpaired) electrons. The number of hydrogen-bond acceptors (Lipinski definition) is 3. The lowest BCUT2D eigenvalue weighted by Crippen LogP contribution is -2.11. The molecule has 0 spiro atoms. The van der Waals surface area contributed by atoms with E-state index in [9.17, 15) is 21.6 Å². The Bertz CT molecular complexity index is 726. The highest BCUT2D eigenvalue weighted by atomic mass is 79.9. The van der Waals surface area contributed by atoms with Crippen LogP contribution in [0.1, 0.15) is 5.56 Å². The number of imidazole rings is 1. The minimum absolute atomic E-state index is 0.110. The molecule has 0 saturated heterocycles. The summed E-state index contributed by atoms with van der Waals surface area (Å²) in [7, 11) is 0.480. The maximum Gasteiger partial charge on any atom is 0.417 e. The Kier molecular flexibility index (Phi) is 3.11. The van der Waals surface area contributed by atoms with E-state index in [4.69, 9.17) is 10.7 Å². The number of nitrogens with one attached hydrogen (secondary N) is 1. The number of alkyl halides is 3. The molecule has 0 atom stereocenters. The number of benzene rings is 1. The van der Waals surface area contributed by atoms with Gasteiger partial charge in [0.25, 0.3) is 9.05 Å². The summed E-state index contributed by atoms with van der Waals surface area (Å²) in [4.78, 5) is 5.17. The fourth-order valence-corrected chi connectivity index (χ4v) is 3.18. The maximum absolute atomic E-state index is 12.7. The van der Waals surface area contributed by atoms with E-state index >= 15 is 0 Å². The number of aromatic amines is 1. The minimum Gasteiger partial charge on any atom is -0.332 e. The van der Waals surface area contributed by atoms with Crippen LogP contribution in [0.3, 0.4) is 0 Å². The molecule has 98 valence electrons. The lowest BCUT2D eigenvalue weighted by Gasteiger charge is -2.10. The van der Waals surface area contributed by atoms with Gasteiger partial charge >= 0.3 is 6.18 Å². The van der Waals surface area contributed by atoms with Crippen LogP contribution in [0.2, 0.25) is 0 Å². The molecule has 1 heterocycles. The predicted octanol–water partition coefficient (Wildman–Crippen LogP) is 3.27. The standard InChI is InChI=1S/C8H3BrClF3N2O2S/c9-7-14-4-2-1-3(8(11,12)13)6(5(4)15-7)18(10,16)17/h1-2H,(H,14,15). The summed E-state index contributed by atoms with van der Waals surface area (Å²) in [6.45, 7) is 0. The Morgan fingerprint density at radius 2 is 1.94 bits per heavy atom. The van der Waals surface area contributed by atoms with E-state index in [1.807, 2.05) is 0 Å². The molecule has 1 aromatic heterocycles. The fourth-order valence-electron chi connectivity index (χ4n) is 1.49. The molecule has 2 rings (SSSR count). The van der Waals surface area contributed by atoms with Gasteiger partial charge in [-0.1, -0.05) is 0 Å². The third-order valence-corrected chi connectivity index (χ3v) is 3.87. The fraction of sp³-hybridized carbons (Fsp3) is 0.125. The van der Waals surface area contributed by atoms with Crippen molar-refractivity contribution in [2.75, 3.05) is 0 Å². The van der Waals surface area contributed by atoms with Crippen LogP contribution in [-0.4, -0.2) is 18.4 Å². The average molecular weight is 364 g/mol. The smallest absolute Gasteiger partial charge is 0.332 e. The maximum atomic E-state index is 12.7. The van der Waals surface area contributed by atoms with Gasteiger partial charge in [0.05, 0.1) is 11.1 Å². The average Bonchev–Trinajstić information content (AvgIpc) is 2.52. The number of H-pyrrole nitrogens is 1. The SMILES string of the molecule is O=S(=O)(Cl)c1c(C(F)(F)F)ccc2[nH]c(Br)nc12. The van der Waals surface area contributed by atoms with Crippen molar-refractivity contribution in [2.24, 2.45) is 0 Å². The Morgan fingerprint density at radius 1 is 1.33 bits per heavy atom. The summed E-state index contributed by atoms with van der Waals surface area (Å²) >= 11 is 2.91. The van der Waals surface area contributed by atoms with E-state index in [1.54, 1.807) is 0 Å². The third-order valence-electron chi connectivity index (χ3n) is 2.13. The second-order valence-corrected chi connectivity index (χ2v) is 6.56. The van der Waals surface area contributed by atoms with Crippen LogP contribution in [0, 0.1) is 0 Å². The van der Waals surface area contributed by atoms with Crippen molar-refractivity contribution in [2.45, 2.75) is 11.1 Å². The van der Waals surface area contributed by atoms with E-state index in [-0.39, 0.29) is 15.8 Å². The lowest BCUT2D eigenvalue weighted by molar-refractivity contribution is -0.139. The van der Waals surface area contributed by atoms with Gasteiger partial charge in [-0.05, 0) is 28.1 Å². The Hall–Kier alpha value is -0.800. The van der Waals surface area contributed by atoms with Gasteiger partial charge in [0.2, 0.25) is 0 Å². The summed E-state index contributed by atoms with van der Waals surface area (Å²) in [5.74, 6) is 0. The van der Waals surface area contributed by atoms with Gasteiger partial charge < -0.3 is 4.98 Å². The van der Waals surface area contributed by atoms with Crippen molar-refractivity contribution < 1.29 is 21.6 Å². The Labute approximate surface area is 112 Å². The number of nitrogens with zero attached hydrogens (tertiary/aromatic N) is 1. The molecule has 0 unspecified atom stereocenters. The zero-order valence-corrected chi connectivity index (χ0v) is 11.4. The highest BCUT2D eigenvalue weighted by Gasteiger charge is 2.38. The van der Waals surface area contributed by atoms with Crippen LogP contribution in [-0.2, 0) is 15.2 Å². The van der Waals surface area contributed by atoms with Gasteiger partial charge in [0.15, 0.2) is 4.73 Å². The van der Waals surface area contributed by atoms with E-state index in [2.05, 4.69) is 25.9 Å². The molecule has 0 bridgehead atoms. The van der Waals surface area contributed by atoms with Crippen molar-refractivity contribution >= 4 is 46.7 Å². The van der Waals surface area contributed by atoms with Gasteiger partial charge in [-0.2, -0.15) is 13.2 Å². The van der Waals surface area contributed by atoms with Crippen LogP contribution in [0.25, 0.3) is 11.0 Å². The first-order valence-corrected chi connectivity index (χ1v) is 7.41. The van der Waals surface area contributed by atoms with Gasteiger partial charge in [-0.15, -0.1) is 0 Å². The Morgan fingerprint density at radius 3 is 2.44 bits per heavy atom. The first-order valence-electron chi connectivity index (χ1n) is 4.31. The highest BCUT2D eigenvalue weighted by molar-refractivity contribution is 9.10. The van der Waals surface area contributed by atoms with Crippen LogP contribution in [0.15, 0.2) is 21.8 Å². The summed E-state index contributed by atoms with van der Waals surface area (Å²) in [5, 5.41) is 0. The van der Waals surface area contributed by atoms with Crippen molar-refractivity contribution in [3.63, 3.8) is 0 Å². The van der Waals surface area contributed by atoms with Gasteiger partial charge in [-0.3, -0.25) is 0 Å². The van der Waals surface area contributed by atoms with Gasteiger partial charge in [-0.25, -0.2) is 13.4 Å². The number of rotatable bonds is 1. The predicted molar refractivity (Wildman–Crippen MR) is 61.8 cm³/mol. The van der Waals surface area contributed by atoms with E-state index < -0.39 is 25.7 Å². The van der Waals surface area contributed by atoms with Crippen molar-refractivity contribution in [1.82, 2.24) is 9.97 Å². The first-order chi connectivity index (χ1) is 8.10. The molecule has 0 amide bonds. The molecule has 1 N–H and O–H groups in total. The molecule has 0 aliphatic rings. The quantitative estimate of drug-likeness (QED) is 0.791. The minimum atomic E-state index is -4.84. The van der Waals surface area contributed by atoms with Gasteiger partial charge in [0, 0.05) is 10.7 Å². The number of halogens is 5. The molecule has 2 aromatic rings. The second-order valence-electron chi connectivity index (χ2n) is 3.30. The topological polar surface area (TPSA) is 62.8 Å². The zero-order valence-electron chi connectivity index (χ0n) is 8.22. The molecule has 0 saturated carbocycles. The third kappa shape index (κ3) is 2.34. The van der Waals surface area contributed by atoms with Crippen molar-refractivity contribution in [3.05, 3.63) is 22.4 Å². The summed E-state index contributed by atoms with van der Waals surface area (Å²) in [6.07, 6.45) is -4.84. The summed E-state index contributed by atoms with van der Waals surface area (Å²) in [6, 6.07) is 1.73. The molecule has 0 fully saturated rings. The number of aromatic nitrogens is 2. The molecular weight excluding hydrogens is 361 g/mol. The largest absolute Gasteiger partial charge is 0.417 e. The zero-order chi connectivity index (χ0) is 13.7. The Balaban J connectivity index is 2.97. The molecule has 10 heteroatoms.